The number of allylic oxidation sites excluding steroid dienone is 3. The Kier molecular flexibility index (Phi) is 5.36. The second-order valence-electron chi connectivity index (χ2n) is 5.42. The van der Waals surface area contributed by atoms with E-state index in [2.05, 4.69) is 28.7 Å². The molecule has 3 aliphatic rings. The third-order valence-corrected chi connectivity index (χ3v) is 3.46. The predicted octanol–water partition coefficient (Wildman–Crippen LogP) is -0.996. The van der Waals surface area contributed by atoms with Gasteiger partial charge in [-0.2, -0.15) is 22.9 Å². The zero-order chi connectivity index (χ0) is 14.8. The van der Waals surface area contributed by atoms with Crippen LogP contribution in [-0.4, -0.2) is 22.3 Å². The molecule has 0 amide bonds. The van der Waals surface area contributed by atoms with Crippen LogP contribution < -0.4 is 29.8 Å². The summed E-state index contributed by atoms with van der Waals surface area (Å²) in [5.41, 5.74) is 9.71. The van der Waals surface area contributed by atoms with Crippen molar-refractivity contribution in [3.63, 3.8) is 0 Å². The Balaban J connectivity index is 0.00000176. The van der Waals surface area contributed by atoms with E-state index in [4.69, 9.17) is 6.58 Å². The molecule has 0 saturated heterocycles. The van der Waals surface area contributed by atoms with E-state index in [1.807, 2.05) is 30.3 Å². The number of nitrogens with one attached hydrogen (secondary N) is 2. The molecule has 6 heteroatoms. The zero-order valence-electron chi connectivity index (χ0n) is 13.1. The van der Waals surface area contributed by atoms with Crippen LogP contribution in [0.4, 0.5) is 0 Å². The quantitative estimate of drug-likeness (QED) is 0.503. The molecule has 0 aromatic carbocycles. The van der Waals surface area contributed by atoms with Gasteiger partial charge in [-0.05, 0) is 25.3 Å². The molecule has 0 bridgehead atoms. The Hall–Kier alpha value is -1.67. The van der Waals surface area contributed by atoms with Crippen molar-refractivity contribution in [1.29, 1.82) is 0 Å². The van der Waals surface area contributed by atoms with Gasteiger partial charge in [-0.15, -0.1) is 11.8 Å². The third kappa shape index (κ3) is 3.95. The molecular formula is C16H19LiN5-. The van der Waals surface area contributed by atoms with Crippen molar-refractivity contribution < 1.29 is 18.9 Å². The Morgan fingerprint density at radius 3 is 2.95 bits per heavy atom. The molecule has 0 aromatic heterocycles. The van der Waals surface area contributed by atoms with Crippen molar-refractivity contribution in [1.82, 2.24) is 21.0 Å². The van der Waals surface area contributed by atoms with Gasteiger partial charge in [0.05, 0.1) is 5.70 Å². The Labute approximate surface area is 143 Å². The first kappa shape index (κ1) is 16.7. The minimum atomic E-state index is 0. The summed E-state index contributed by atoms with van der Waals surface area (Å²) in [6.45, 7) is 12.3. The smallest absolute Gasteiger partial charge is 0.455 e. The first-order valence-electron chi connectivity index (χ1n) is 7.04. The predicted molar refractivity (Wildman–Crippen MR) is 82.6 cm³/mol. The minimum Gasteiger partial charge on any atom is -0.455 e. The van der Waals surface area contributed by atoms with Crippen LogP contribution in [0.25, 0.3) is 0 Å². The summed E-state index contributed by atoms with van der Waals surface area (Å²) in [5.74, 6) is 0.607. The number of hydrazone groups is 1. The van der Waals surface area contributed by atoms with Crippen LogP contribution in [0.5, 0.6) is 0 Å². The molecule has 2 heterocycles. The molecule has 3 rings (SSSR count). The van der Waals surface area contributed by atoms with Gasteiger partial charge in [-0.1, -0.05) is 13.1 Å². The molecule has 5 nitrogen and oxygen atoms in total. The molecule has 0 radical (unpaired) electrons. The molecule has 0 aromatic rings. The SMILES string of the molecule is [CH-]=C1C=CC(C2CC2)=NN1C=[C-]CN1C=C(C(=C)C)NN1.[Li+]. The number of nitrogens with zero attached hydrogens (tertiary/aromatic N) is 3. The van der Waals surface area contributed by atoms with Crippen molar-refractivity contribution in [2.45, 2.75) is 19.8 Å². The van der Waals surface area contributed by atoms with Gasteiger partial charge >= 0.3 is 18.9 Å². The number of hydrogen-bond acceptors (Lipinski definition) is 5. The fourth-order valence-corrected chi connectivity index (χ4v) is 2.04. The monoisotopic (exact) mass is 288 g/mol. The van der Waals surface area contributed by atoms with E-state index in [0.29, 0.717) is 18.2 Å². The number of hydrogen-bond donors (Lipinski definition) is 2. The van der Waals surface area contributed by atoms with Crippen LogP contribution in [0.1, 0.15) is 19.8 Å². The van der Waals surface area contributed by atoms with Crippen LogP contribution in [0.15, 0.2) is 53.2 Å². The fraction of sp³-hybridized carbons (Fsp3) is 0.312. The standard InChI is InChI=1S/C16H19N5.Li/c1-12(2)16-11-20(19-17-16)9-4-10-21-13(3)5-8-15(18-21)14-6-7-14;/h3,5,8,10-11,14,17,19H,1,6-7,9H2,2H3;/q-2;+1. The molecule has 2 aliphatic heterocycles. The Morgan fingerprint density at radius 1 is 1.55 bits per heavy atom. The summed E-state index contributed by atoms with van der Waals surface area (Å²) in [6, 6.07) is 0. The Bertz CT molecular complexity index is 583. The van der Waals surface area contributed by atoms with E-state index in [-0.39, 0.29) is 18.9 Å². The largest absolute Gasteiger partial charge is 1.00 e. The molecule has 1 fully saturated rings. The van der Waals surface area contributed by atoms with Gasteiger partial charge in [0.15, 0.2) is 0 Å². The normalized spacial score (nSPS) is 20.7. The molecule has 1 aliphatic carbocycles. The van der Waals surface area contributed by atoms with E-state index < -0.39 is 0 Å². The van der Waals surface area contributed by atoms with Gasteiger partial charge in [0.1, 0.15) is 0 Å². The van der Waals surface area contributed by atoms with E-state index in [1.54, 1.807) is 11.2 Å². The zero-order valence-corrected chi connectivity index (χ0v) is 13.1. The van der Waals surface area contributed by atoms with Crippen molar-refractivity contribution in [3.8, 4) is 0 Å². The second-order valence-corrected chi connectivity index (χ2v) is 5.42. The van der Waals surface area contributed by atoms with Crippen molar-refractivity contribution in [2.75, 3.05) is 6.54 Å². The summed E-state index contributed by atoms with van der Waals surface area (Å²) in [5, 5.41) is 8.09. The van der Waals surface area contributed by atoms with Gasteiger partial charge in [-0.25, -0.2) is 0 Å². The van der Waals surface area contributed by atoms with Crippen molar-refractivity contribution in [2.24, 2.45) is 11.0 Å². The molecule has 1 saturated carbocycles. The number of hydrazine groups is 2. The van der Waals surface area contributed by atoms with Crippen molar-refractivity contribution in [3.05, 3.63) is 60.8 Å². The summed E-state index contributed by atoms with van der Waals surface area (Å²) < 4.78 is 0. The fourth-order valence-electron chi connectivity index (χ4n) is 2.04. The molecule has 2 N–H and O–H groups in total. The van der Waals surface area contributed by atoms with Crippen LogP contribution in [0, 0.1) is 18.6 Å². The second kappa shape index (κ2) is 7.06. The average Bonchev–Trinajstić information content (AvgIpc) is 3.19. The van der Waals surface area contributed by atoms with Crippen LogP contribution >= 0.6 is 0 Å². The van der Waals surface area contributed by atoms with Gasteiger partial charge in [0, 0.05) is 17.8 Å². The van der Waals surface area contributed by atoms with E-state index >= 15 is 0 Å². The summed E-state index contributed by atoms with van der Waals surface area (Å²) in [7, 11) is 0. The van der Waals surface area contributed by atoms with E-state index in [9.17, 15) is 0 Å². The first-order valence-corrected chi connectivity index (χ1v) is 7.04. The van der Waals surface area contributed by atoms with Crippen molar-refractivity contribution >= 4 is 5.71 Å². The maximum absolute atomic E-state index is 5.93. The molecule has 0 spiro atoms. The maximum Gasteiger partial charge on any atom is 1.00 e. The maximum atomic E-state index is 5.93. The molecule has 22 heavy (non-hydrogen) atoms. The number of rotatable bonds is 5. The van der Waals surface area contributed by atoms with Gasteiger partial charge in [0.25, 0.3) is 0 Å². The topological polar surface area (TPSA) is 42.9 Å². The van der Waals surface area contributed by atoms with E-state index in [1.165, 1.54) is 12.8 Å². The summed E-state index contributed by atoms with van der Waals surface area (Å²) in [6.07, 6.45) is 13.2. The minimum absolute atomic E-state index is 0. The van der Waals surface area contributed by atoms with Crippen LogP contribution in [0.2, 0.25) is 0 Å². The molecule has 110 valence electrons. The third-order valence-electron chi connectivity index (χ3n) is 3.46. The summed E-state index contributed by atoms with van der Waals surface area (Å²) >= 11 is 0. The van der Waals surface area contributed by atoms with Gasteiger partial charge in [0.2, 0.25) is 0 Å². The summed E-state index contributed by atoms with van der Waals surface area (Å²) in [4.78, 5) is 0. The average molecular weight is 288 g/mol. The molecule has 0 atom stereocenters. The van der Waals surface area contributed by atoms with Crippen LogP contribution in [-0.2, 0) is 0 Å². The Morgan fingerprint density at radius 2 is 2.32 bits per heavy atom. The molecular weight excluding hydrogens is 269 g/mol. The van der Waals surface area contributed by atoms with Crippen LogP contribution in [0.3, 0.4) is 0 Å². The first-order chi connectivity index (χ1) is 10.1. The van der Waals surface area contributed by atoms with E-state index in [0.717, 1.165) is 17.0 Å². The van der Waals surface area contributed by atoms with Gasteiger partial charge in [-0.3, -0.25) is 6.58 Å². The van der Waals surface area contributed by atoms with Gasteiger partial charge < -0.3 is 21.5 Å². The molecule has 0 unspecified atom stereocenters.